The molecule has 0 aromatic carbocycles. The number of hydrogen-bond donors (Lipinski definition) is 1. The number of nitrogens with two attached hydrogens (primary N) is 1. The summed E-state index contributed by atoms with van der Waals surface area (Å²) < 4.78 is 10.1. The first kappa shape index (κ1) is 10.6. The van der Waals surface area contributed by atoms with E-state index >= 15 is 0 Å². The van der Waals surface area contributed by atoms with E-state index in [0.717, 1.165) is 5.01 Å². The van der Waals surface area contributed by atoms with Crippen molar-refractivity contribution in [3.05, 3.63) is 16.6 Å². The average Bonchev–Trinajstić information content (AvgIpc) is 2.59. The van der Waals surface area contributed by atoms with Crippen molar-refractivity contribution in [3.8, 4) is 0 Å². The van der Waals surface area contributed by atoms with Crippen LogP contribution in [0.4, 0.5) is 0 Å². The Morgan fingerprint density at radius 3 is 2.69 bits per heavy atom. The minimum absolute atomic E-state index is 0.166. The lowest BCUT2D eigenvalue weighted by molar-refractivity contribution is -0.115. The van der Waals surface area contributed by atoms with Crippen LogP contribution in [-0.4, -0.2) is 31.5 Å². The lowest BCUT2D eigenvalue weighted by Crippen LogP contribution is -2.39. The van der Waals surface area contributed by atoms with E-state index in [0.29, 0.717) is 6.42 Å². The highest BCUT2D eigenvalue weighted by Crippen LogP contribution is 2.09. The van der Waals surface area contributed by atoms with Crippen LogP contribution in [0.25, 0.3) is 0 Å². The number of thiazole rings is 1. The molecule has 1 heterocycles. The van der Waals surface area contributed by atoms with E-state index in [2.05, 4.69) is 4.98 Å². The fourth-order valence-corrected chi connectivity index (χ4v) is 1.79. The van der Waals surface area contributed by atoms with Crippen molar-refractivity contribution >= 4 is 11.3 Å². The maximum atomic E-state index is 5.85. The number of rotatable bonds is 5. The fraction of sp³-hybridized carbons (Fsp3) is 0.625. The number of hydrogen-bond acceptors (Lipinski definition) is 5. The summed E-state index contributed by atoms with van der Waals surface area (Å²) in [4.78, 5) is 4.13. The van der Waals surface area contributed by atoms with Crippen LogP contribution in [0.3, 0.4) is 0 Å². The zero-order chi connectivity index (χ0) is 9.68. The second kappa shape index (κ2) is 5.29. The van der Waals surface area contributed by atoms with Gasteiger partial charge in [-0.1, -0.05) is 0 Å². The quantitative estimate of drug-likeness (QED) is 0.712. The minimum atomic E-state index is -0.358. The zero-order valence-corrected chi connectivity index (χ0v) is 8.58. The van der Waals surface area contributed by atoms with E-state index in [1.165, 1.54) is 0 Å². The monoisotopic (exact) mass is 202 g/mol. The van der Waals surface area contributed by atoms with E-state index in [1.807, 2.05) is 5.38 Å². The molecule has 1 rings (SSSR count). The minimum Gasteiger partial charge on any atom is -0.354 e. The van der Waals surface area contributed by atoms with Crippen molar-refractivity contribution in [1.82, 2.24) is 4.98 Å². The first-order chi connectivity index (χ1) is 6.27. The molecule has 5 heteroatoms. The van der Waals surface area contributed by atoms with E-state index < -0.39 is 0 Å². The topological polar surface area (TPSA) is 57.4 Å². The van der Waals surface area contributed by atoms with Crippen LogP contribution in [0.2, 0.25) is 0 Å². The molecule has 1 aromatic heterocycles. The normalized spacial score (nSPS) is 13.5. The molecule has 0 radical (unpaired) electrons. The summed E-state index contributed by atoms with van der Waals surface area (Å²) in [5.41, 5.74) is 5.85. The molecule has 13 heavy (non-hydrogen) atoms. The molecule has 2 N–H and O–H groups in total. The van der Waals surface area contributed by atoms with E-state index in [4.69, 9.17) is 15.2 Å². The molecule has 0 saturated carbocycles. The molecule has 0 bridgehead atoms. The van der Waals surface area contributed by atoms with Crippen LogP contribution in [0.1, 0.15) is 5.01 Å². The molecule has 4 nitrogen and oxygen atoms in total. The molecular formula is C8H14N2O2S. The van der Waals surface area contributed by atoms with Gasteiger partial charge < -0.3 is 15.2 Å². The summed E-state index contributed by atoms with van der Waals surface area (Å²) in [6.45, 7) is 0. The number of aromatic nitrogens is 1. The van der Waals surface area contributed by atoms with Gasteiger partial charge in [0.2, 0.25) is 0 Å². The van der Waals surface area contributed by atoms with Crippen molar-refractivity contribution in [3.63, 3.8) is 0 Å². The summed E-state index contributed by atoms with van der Waals surface area (Å²) >= 11 is 1.59. The zero-order valence-electron chi connectivity index (χ0n) is 7.77. The molecule has 1 aromatic rings. The largest absolute Gasteiger partial charge is 0.354 e. The van der Waals surface area contributed by atoms with Crippen molar-refractivity contribution < 1.29 is 9.47 Å². The Morgan fingerprint density at radius 2 is 2.23 bits per heavy atom. The second-order valence-corrected chi connectivity index (χ2v) is 3.61. The van der Waals surface area contributed by atoms with E-state index in [1.54, 1.807) is 31.8 Å². The fourth-order valence-electron chi connectivity index (χ4n) is 1.10. The summed E-state index contributed by atoms with van der Waals surface area (Å²) in [7, 11) is 3.16. The maximum Gasteiger partial charge on any atom is 0.172 e. The molecular weight excluding hydrogens is 188 g/mol. The van der Waals surface area contributed by atoms with Crippen molar-refractivity contribution in [2.75, 3.05) is 14.2 Å². The van der Waals surface area contributed by atoms with E-state index in [9.17, 15) is 0 Å². The molecule has 0 aliphatic heterocycles. The maximum absolute atomic E-state index is 5.85. The molecule has 1 unspecified atom stereocenters. The van der Waals surface area contributed by atoms with Gasteiger partial charge in [0.15, 0.2) is 6.29 Å². The Morgan fingerprint density at radius 1 is 1.54 bits per heavy atom. The standard InChI is InChI=1S/C8H14N2O2S/c1-11-8(12-2)6(9)5-7-10-3-4-13-7/h3-4,6,8H,5,9H2,1-2H3. The van der Waals surface area contributed by atoms with Gasteiger partial charge in [0.05, 0.1) is 11.0 Å². The van der Waals surface area contributed by atoms with Gasteiger partial charge in [0.1, 0.15) is 0 Å². The highest BCUT2D eigenvalue weighted by atomic mass is 32.1. The third-order valence-electron chi connectivity index (χ3n) is 1.71. The summed E-state index contributed by atoms with van der Waals surface area (Å²) in [5, 5.41) is 2.93. The molecule has 0 saturated heterocycles. The van der Waals surface area contributed by atoms with Gasteiger partial charge in [-0.2, -0.15) is 0 Å². The Labute approximate surface area is 81.7 Å². The Kier molecular flexibility index (Phi) is 4.31. The van der Waals surface area contributed by atoms with Gasteiger partial charge in [0.25, 0.3) is 0 Å². The molecule has 0 aliphatic rings. The average molecular weight is 202 g/mol. The number of nitrogens with zero attached hydrogens (tertiary/aromatic N) is 1. The third-order valence-corrected chi connectivity index (χ3v) is 2.51. The van der Waals surface area contributed by atoms with Gasteiger partial charge >= 0.3 is 0 Å². The van der Waals surface area contributed by atoms with Crippen LogP contribution in [0.15, 0.2) is 11.6 Å². The van der Waals surface area contributed by atoms with Crippen molar-refractivity contribution in [1.29, 1.82) is 0 Å². The van der Waals surface area contributed by atoms with Crippen LogP contribution in [0.5, 0.6) is 0 Å². The smallest absolute Gasteiger partial charge is 0.172 e. The van der Waals surface area contributed by atoms with Gasteiger partial charge in [-0.25, -0.2) is 4.98 Å². The molecule has 1 atom stereocenters. The van der Waals surface area contributed by atoms with Crippen LogP contribution in [0, 0.1) is 0 Å². The lowest BCUT2D eigenvalue weighted by Gasteiger charge is -2.19. The van der Waals surface area contributed by atoms with Crippen molar-refractivity contribution in [2.45, 2.75) is 18.8 Å². The Balaban J connectivity index is 2.44. The summed E-state index contributed by atoms with van der Waals surface area (Å²) in [5.74, 6) is 0. The van der Waals surface area contributed by atoms with Crippen LogP contribution < -0.4 is 5.73 Å². The molecule has 0 fully saturated rings. The molecule has 0 aliphatic carbocycles. The first-order valence-corrected chi connectivity index (χ1v) is 4.85. The van der Waals surface area contributed by atoms with Crippen molar-refractivity contribution in [2.24, 2.45) is 5.73 Å². The number of methoxy groups -OCH3 is 2. The first-order valence-electron chi connectivity index (χ1n) is 3.97. The molecule has 0 amide bonds. The summed E-state index contributed by atoms with van der Waals surface area (Å²) in [6, 6.07) is -0.166. The highest BCUT2D eigenvalue weighted by molar-refractivity contribution is 7.09. The van der Waals surface area contributed by atoms with Gasteiger partial charge in [-0.05, 0) is 0 Å². The van der Waals surface area contributed by atoms with Crippen LogP contribution in [-0.2, 0) is 15.9 Å². The predicted octanol–water partition coefficient (Wildman–Crippen LogP) is 0.632. The summed E-state index contributed by atoms with van der Waals surface area (Å²) in [6.07, 6.45) is 2.09. The van der Waals surface area contributed by atoms with Gasteiger partial charge in [-0.3, -0.25) is 0 Å². The highest BCUT2D eigenvalue weighted by Gasteiger charge is 2.17. The second-order valence-electron chi connectivity index (χ2n) is 2.63. The SMILES string of the molecule is COC(OC)C(N)Cc1nccs1. The van der Waals surface area contributed by atoms with E-state index in [-0.39, 0.29) is 12.3 Å². The lowest BCUT2D eigenvalue weighted by atomic mass is 10.2. The molecule has 74 valence electrons. The van der Waals surface area contributed by atoms with Gasteiger partial charge in [0, 0.05) is 32.2 Å². The molecule has 0 spiro atoms. The Bertz CT molecular complexity index is 224. The Hall–Kier alpha value is -0.490. The third kappa shape index (κ3) is 3.04. The predicted molar refractivity (Wildman–Crippen MR) is 51.6 cm³/mol. The van der Waals surface area contributed by atoms with Crippen LogP contribution >= 0.6 is 11.3 Å². The van der Waals surface area contributed by atoms with Gasteiger partial charge in [-0.15, -0.1) is 11.3 Å². The number of ether oxygens (including phenoxy) is 2.